The first-order valence-corrected chi connectivity index (χ1v) is 6.26. The van der Waals surface area contributed by atoms with Crippen LogP contribution in [0.5, 0.6) is 5.75 Å². The number of phenols is 1. The lowest BCUT2D eigenvalue weighted by Gasteiger charge is -2.07. The molecule has 0 fully saturated rings. The van der Waals surface area contributed by atoms with E-state index < -0.39 is 0 Å². The first-order valence-electron chi connectivity index (χ1n) is 6.26. The van der Waals surface area contributed by atoms with Crippen LogP contribution < -0.4 is 5.56 Å². The molecule has 2 N–H and O–H groups in total. The molecule has 2 heterocycles. The molecule has 0 aliphatic heterocycles. The van der Waals surface area contributed by atoms with E-state index in [1.165, 1.54) is 6.07 Å². The topological polar surface area (TPSA) is 66.0 Å². The second-order valence-corrected chi connectivity index (χ2v) is 4.74. The van der Waals surface area contributed by atoms with Gasteiger partial charge in [-0.25, -0.2) is 0 Å². The van der Waals surface area contributed by atoms with Crippen molar-refractivity contribution >= 4 is 32.6 Å². The van der Waals surface area contributed by atoms with Gasteiger partial charge in [0.2, 0.25) is 5.56 Å². The first kappa shape index (κ1) is 11.0. The third kappa shape index (κ3) is 1.42. The summed E-state index contributed by atoms with van der Waals surface area (Å²) in [5, 5.41) is 13.3. The van der Waals surface area contributed by atoms with E-state index in [1.807, 2.05) is 18.2 Å². The second-order valence-electron chi connectivity index (χ2n) is 4.74. The van der Waals surface area contributed by atoms with Gasteiger partial charge in [0, 0.05) is 23.0 Å². The quantitative estimate of drug-likeness (QED) is 0.479. The van der Waals surface area contributed by atoms with Crippen LogP contribution in [-0.2, 0) is 0 Å². The van der Waals surface area contributed by atoms with Gasteiger partial charge in [-0.2, -0.15) is 0 Å². The molecule has 0 amide bonds. The van der Waals surface area contributed by atoms with Crippen LogP contribution in [0.4, 0.5) is 0 Å². The van der Waals surface area contributed by atoms with E-state index in [4.69, 9.17) is 0 Å². The number of H-pyrrole nitrogens is 1. The van der Waals surface area contributed by atoms with E-state index in [1.54, 1.807) is 24.4 Å². The molecule has 20 heavy (non-hydrogen) atoms. The van der Waals surface area contributed by atoms with Crippen molar-refractivity contribution in [2.24, 2.45) is 0 Å². The Morgan fingerprint density at radius 1 is 1.00 bits per heavy atom. The summed E-state index contributed by atoms with van der Waals surface area (Å²) in [4.78, 5) is 18.8. The van der Waals surface area contributed by atoms with Gasteiger partial charge in [-0.05, 0) is 29.0 Å². The molecule has 0 aliphatic carbocycles. The number of fused-ring (bicyclic) bond motifs is 5. The highest BCUT2D eigenvalue weighted by molar-refractivity contribution is 6.18. The molecule has 96 valence electrons. The Labute approximate surface area is 113 Å². The summed E-state index contributed by atoms with van der Waals surface area (Å²) in [6, 6.07) is 12.5. The molecule has 0 atom stereocenters. The van der Waals surface area contributed by atoms with Crippen molar-refractivity contribution in [2.45, 2.75) is 0 Å². The van der Waals surface area contributed by atoms with Gasteiger partial charge in [0.25, 0.3) is 0 Å². The normalized spacial score (nSPS) is 11.4. The fourth-order valence-electron chi connectivity index (χ4n) is 2.63. The van der Waals surface area contributed by atoms with Gasteiger partial charge < -0.3 is 10.1 Å². The van der Waals surface area contributed by atoms with Crippen LogP contribution in [0.15, 0.2) is 53.5 Å². The molecule has 0 bridgehead atoms. The molecule has 0 radical (unpaired) electrons. The second kappa shape index (κ2) is 3.81. The van der Waals surface area contributed by atoms with E-state index in [2.05, 4.69) is 9.97 Å². The molecule has 4 rings (SSSR count). The van der Waals surface area contributed by atoms with E-state index in [9.17, 15) is 9.90 Å². The maximum Gasteiger partial charge on any atom is 0.248 e. The molecule has 0 aliphatic rings. The highest BCUT2D eigenvalue weighted by Gasteiger charge is 2.09. The van der Waals surface area contributed by atoms with Crippen LogP contribution in [-0.4, -0.2) is 15.1 Å². The van der Waals surface area contributed by atoms with Gasteiger partial charge in [0.1, 0.15) is 5.75 Å². The SMILES string of the molecule is O=c1ccc2ccc3ncc4c(O)cccc4c3c2[nH]1. The van der Waals surface area contributed by atoms with Crippen LogP contribution in [0.1, 0.15) is 0 Å². The Balaban J connectivity index is 2.38. The Bertz CT molecular complexity index is 1030. The zero-order chi connectivity index (χ0) is 13.7. The fourth-order valence-corrected chi connectivity index (χ4v) is 2.63. The molecule has 4 aromatic rings. The fraction of sp³-hybridized carbons (Fsp3) is 0. The Kier molecular flexibility index (Phi) is 2.09. The van der Waals surface area contributed by atoms with Crippen molar-refractivity contribution in [3.05, 3.63) is 59.0 Å². The molecular formula is C16H10N2O2. The van der Waals surface area contributed by atoms with Gasteiger partial charge >= 0.3 is 0 Å². The van der Waals surface area contributed by atoms with E-state index in [0.717, 1.165) is 27.2 Å². The van der Waals surface area contributed by atoms with Crippen LogP contribution >= 0.6 is 0 Å². The Morgan fingerprint density at radius 3 is 2.75 bits per heavy atom. The molecule has 0 saturated carbocycles. The van der Waals surface area contributed by atoms with Crippen molar-refractivity contribution < 1.29 is 5.11 Å². The number of aromatic hydroxyl groups is 1. The Morgan fingerprint density at radius 2 is 1.85 bits per heavy atom. The minimum absolute atomic E-state index is 0.151. The summed E-state index contributed by atoms with van der Waals surface area (Å²) < 4.78 is 0. The van der Waals surface area contributed by atoms with Crippen LogP contribution in [0, 0.1) is 0 Å². The molecule has 4 heteroatoms. The third-order valence-corrected chi connectivity index (χ3v) is 3.56. The Hall–Kier alpha value is -2.88. The minimum Gasteiger partial charge on any atom is -0.507 e. The van der Waals surface area contributed by atoms with Crippen molar-refractivity contribution in [3.8, 4) is 5.75 Å². The van der Waals surface area contributed by atoms with Gasteiger partial charge in [0.15, 0.2) is 0 Å². The van der Waals surface area contributed by atoms with Gasteiger partial charge in [-0.3, -0.25) is 9.78 Å². The average molecular weight is 262 g/mol. The smallest absolute Gasteiger partial charge is 0.248 e. The van der Waals surface area contributed by atoms with E-state index >= 15 is 0 Å². The summed E-state index contributed by atoms with van der Waals surface area (Å²) in [6.45, 7) is 0. The molecule has 0 spiro atoms. The number of pyridine rings is 2. The summed E-state index contributed by atoms with van der Waals surface area (Å²) in [5.74, 6) is 0.187. The predicted molar refractivity (Wildman–Crippen MR) is 79.0 cm³/mol. The van der Waals surface area contributed by atoms with Crippen LogP contribution in [0.2, 0.25) is 0 Å². The maximum atomic E-state index is 11.6. The van der Waals surface area contributed by atoms with Gasteiger partial charge in [-0.15, -0.1) is 0 Å². The summed E-state index contributed by atoms with van der Waals surface area (Å²) in [6.07, 6.45) is 1.65. The summed E-state index contributed by atoms with van der Waals surface area (Å²) in [7, 11) is 0. The zero-order valence-corrected chi connectivity index (χ0v) is 10.4. The molecule has 0 saturated heterocycles. The van der Waals surface area contributed by atoms with Gasteiger partial charge in [-0.1, -0.05) is 18.2 Å². The van der Waals surface area contributed by atoms with Crippen LogP contribution in [0.3, 0.4) is 0 Å². The molecule has 2 aromatic carbocycles. The lowest BCUT2D eigenvalue weighted by molar-refractivity contribution is 0.481. The zero-order valence-electron chi connectivity index (χ0n) is 10.4. The average Bonchev–Trinajstić information content (AvgIpc) is 2.46. The number of benzene rings is 2. The predicted octanol–water partition coefficient (Wildman–Crippen LogP) is 2.94. The largest absolute Gasteiger partial charge is 0.507 e. The molecular weight excluding hydrogens is 252 g/mol. The van der Waals surface area contributed by atoms with Crippen molar-refractivity contribution in [3.63, 3.8) is 0 Å². The molecule has 2 aromatic heterocycles. The number of aromatic amines is 1. The highest BCUT2D eigenvalue weighted by Crippen LogP contribution is 2.32. The lowest BCUT2D eigenvalue weighted by atomic mass is 10.0. The number of hydrogen-bond donors (Lipinski definition) is 2. The summed E-state index contributed by atoms with van der Waals surface area (Å²) >= 11 is 0. The number of nitrogens with one attached hydrogen (secondary N) is 1. The maximum absolute atomic E-state index is 11.6. The standard InChI is InChI=1S/C16H10N2O2/c19-13-3-1-2-10-11(13)8-17-12-6-4-9-5-7-14(20)18-16(9)15(10)12/h1-8,19H,(H,18,20). The number of nitrogens with zero attached hydrogens (tertiary/aromatic N) is 1. The monoisotopic (exact) mass is 262 g/mol. The van der Waals surface area contributed by atoms with Gasteiger partial charge in [0.05, 0.1) is 11.0 Å². The number of phenolic OH excluding ortho intramolecular Hbond substituents is 1. The summed E-state index contributed by atoms with van der Waals surface area (Å²) in [5.41, 5.74) is 1.39. The number of aromatic nitrogens is 2. The lowest BCUT2D eigenvalue weighted by Crippen LogP contribution is -2.02. The first-order chi connectivity index (χ1) is 9.74. The molecule has 0 unspecified atom stereocenters. The third-order valence-electron chi connectivity index (χ3n) is 3.56. The van der Waals surface area contributed by atoms with Crippen molar-refractivity contribution in [1.29, 1.82) is 0 Å². The minimum atomic E-state index is -0.151. The molecule has 4 nitrogen and oxygen atoms in total. The van der Waals surface area contributed by atoms with E-state index in [0.29, 0.717) is 5.39 Å². The van der Waals surface area contributed by atoms with Crippen LogP contribution in [0.25, 0.3) is 32.6 Å². The van der Waals surface area contributed by atoms with Crippen molar-refractivity contribution in [2.75, 3.05) is 0 Å². The van der Waals surface area contributed by atoms with Crippen molar-refractivity contribution in [1.82, 2.24) is 9.97 Å². The number of hydrogen-bond acceptors (Lipinski definition) is 3. The van der Waals surface area contributed by atoms with E-state index in [-0.39, 0.29) is 11.3 Å². The number of rotatable bonds is 0. The highest BCUT2D eigenvalue weighted by atomic mass is 16.3.